The maximum atomic E-state index is 15.1. The predicted molar refractivity (Wildman–Crippen MR) is 183 cm³/mol. The van der Waals surface area contributed by atoms with Gasteiger partial charge in [0.15, 0.2) is 0 Å². The zero-order chi connectivity index (χ0) is 32.5. The van der Waals surface area contributed by atoms with Crippen molar-refractivity contribution < 1.29 is 19.1 Å². The summed E-state index contributed by atoms with van der Waals surface area (Å²) in [6.07, 6.45) is 0. The number of para-hydroxylation sites is 1. The van der Waals surface area contributed by atoms with Gasteiger partial charge in [-0.2, -0.15) is 0 Å². The molecule has 0 spiro atoms. The van der Waals surface area contributed by atoms with E-state index in [0.29, 0.717) is 17.8 Å². The number of hydrogen-bond acceptors (Lipinski definition) is 5. The molecule has 5 aromatic rings. The van der Waals surface area contributed by atoms with Crippen LogP contribution in [0.1, 0.15) is 40.8 Å². The molecule has 0 bridgehead atoms. The number of ether oxygens (including phenoxy) is 2. The average molecular weight is 621 g/mol. The number of fused-ring (bicyclic) bond motifs is 1. The zero-order valence-electron chi connectivity index (χ0n) is 26.2. The van der Waals surface area contributed by atoms with Crippen molar-refractivity contribution in [3.05, 3.63) is 173 Å². The average Bonchev–Trinajstić information content (AvgIpc) is 3.35. The molecule has 0 unspecified atom stereocenters. The van der Waals surface area contributed by atoms with Gasteiger partial charge in [0.05, 0.1) is 24.9 Å². The van der Waals surface area contributed by atoms with E-state index in [0.717, 1.165) is 22.3 Å². The van der Waals surface area contributed by atoms with Crippen LogP contribution in [0.4, 0.5) is 5.69 Å². The van der Waals surface area contributed by atoms with Gasteiger partial charge in [-0.15, -0.1) is 0 Å². The molecule has 0 saturated heterocycles. The molecule has 234 valence electrons. The number of nitrogens with zero attached hydrogens (tertiary/aromatic N) is 1. The first-order valence-corrected chi connectivity index (χ1v) is 15.8. The summed E-state index contributed by atoms with van der Waals surface area (Å²) >= 11 is 0. The summed E-state index contributed by atoms with van der Waals surface area (Å²) < 4.78 is 12.4. The van der Waals surface area contributed by atoms with E-state index in [1.54, 1.807) is 11.8 Å². The molecule has 1 N–H and O–H groups in total. The SMILES string of the molecule is CCOC(=O)[C@H](NC(c1ccccc1)c1ccccc1)[C@]1(OCC#Cc2ccccc2)C(=O)N(Cc2ccccc2)c2ccccc21. The van der Waals surface area contributed by atoms with E-state index in [-0.39, 0.29) is 19.1 Å². The summed E-state index contributed by atoms with van der Waals surface area (Å²) in [5, 5.41) is 3.57. The number of benzene rings is 5. The van der Waals surface area contributed by atoms with Crippen molar-refractivity contribution in [3.8, 4) is 11.8 Å². The summed E-state index contributed by atoms with van der Waals surface area (Å²) in [7, 11) is 0. The van der Waals surface area contributed by atoms with Gasteiger partial charge in [-0.05, 0) is 41.8 Å². The molecule has 1 aliphatic rings. The predicted octanol–water partition coefficient (Wildman–Crippen LogP) is 6.81. The van der Waals surface area contributed by atoms with Gasteiger partial charge in [0.1, 0.15) is 12.6 Å². The third-order valence-corrected chi connectivity index (χ3v) is 8.25. The van der Waals surface area contributed by atoms with E-state index in [1.807, 2.05) is 146 Å². The van der Waals surface area contributed by atoms with Gasteiger partial charge in [-0.3, -0.25) is 14.9 Å². The number of nitrogens with one attached hydrogen (secondary N) is 1. The molecule has 47 heavy (non-hydrogen) atoms. The number of rotatable bonds is 11. The smallest absolute Gasteiger partial charge is 0.327 e. The Hall–Kier alpha value is -5.48. The maximum absolute atomic E-state index is 15.1. The highest BCUT2D eigenvalue weighted by molar-refractivity contribution is 6.10. The third kappa shape index (κ3) is 6.73. The minimum atomic E-state index is -1.79. The molecular weight excluding hydrogens is 584 g/mol. The van der Waals surface area contributed by atoms with Gasteiger partial charge in [0, 0.05) is 11.1 Å². The van der Waals surface area contributed by atoms with Crippen LogP contribution < -0.4 is 10.2 Å². The highest BCUT2D eigenvalue weighted by atomic mass is 16.5. The normalized spacial score (nSPS) is 15.9. The van der Waals surface area contributed by atoms with Gasteiger partial charge >= 0.3 is 5.97 Å². The first-order valence-electron chi connectivity index (χ1n) is 15.8. The molecule has 5 aromatic carbocycles. The van der Waals surface area contributed by atoms with Crippen molar-refractivity contribution >= 4 is 17.6 Å². The van der Waals surface area contributed by atoms with Crippen LogP contribution in [0.25, 0.3) is 0 Å². The van der Waals surface area contributed by atoms with Crippen molar-refractivity contribution in [3.63, 3.8) is 0 Å². The Morgan fingerprint density at radius 3 is 1.94 bits per heavy atom. The molecule has 1 amide bonds. The second-order valence-electron chi connectivity index (χ2n) is 11.2. The summed E-state index contributed by atoms with van der Waals surface area (Å²) in [6.45, 7) is 2.08. The highest BCUT2D eigenvalue weighted by Crippen LogP contribution is 2.47. The van der Waals surface area contributed by atoms with Crippen LogP contribution in [0, 0.1) is 11.8 Å². The fourth-order valence-electron chi connectivity index (χ4n) is 6.10. The Labute approximate surface area is 276 Å². The van der Waals surface area contributed by atoms with Crippen LogP contribution in [-0.2, 0) is 31.2 Å². The molecule has 0 aromatic heterocycles. The molecule has 0 saturated carbocycles. The van der Waals surface area contributed by atoms with Crippen molar-refractivity contribution in [1.82, 2.24) is 5.32 Å². The van der Waals surface area contributed by atoms with Crippen LogP contribution in [0.15, 0.2) is 146 Å². The van der Waals surface area contributed by atoms with Gasteiger partial charge < -0.3 is 14.4 Å². The maximum Gasteiger partial charge on any atom is 0.327 e. The van der Waals surface area contributed by atoms with E-state index in [2.05, 4.69) is 17.2 Å². The lowest BCUT2D eigenvalue weighted by atomic mass is 9.85. The Balaban J connectivity index is 1.50. The molecule has 6 rings (SSSR count). The fraction of sp³-hybridized carbons (Fsp3) is 0.171. The van der Waals surface area contributed by atoms with E-state index in [9.17, 15) is 4.79 Å². The number of hydrogen-bond donors (Lipinski definition) is 1. The van der Waals surface area contributed by atoms with Crippen LogP contribution in [-0.4, -0.2) is 31.1 Å². The zero-order valence-corrected chi connectivity index (χ0v) is 26.2. The Kier molecular flexibility index (Phi) is 9.88. The summed E-state index contributed by atoms with van der Waals surface area (Å²) in [5.74, 6) is 5.26. The lowest BCUT2D eigenvalue weighted by Crippen LogP contribution is -2.60. The van der Waals surface area contributed by atoms with Gasteiger partial charge in [-0.25, -0.2) is 0 Å². The second kappa shape index (κ2) is 14.7. The number of amides is 1. The van der Waals surface area contributed by atoms with Crippen LogP contribution in [0.3, 0.4) is 0 Å². The topological polar surface area (TPSA) is 67.9 Å². The first kappa shape index (κ1) is 31.5. The summed E-state index contributed by atoms with van der Waals surface area (Å²) in [4.78, 5) is 31.0. The van der Waals surface area contributed by atoms with Crippen molar-refractivity contribution in [2.45, 2.75) is 31.2 Å². The lowest BCUT2D eigenvalue weighted by Gasteiger charge is -2.37. The number of carbonyl (C=O) groups excluding carboxylic acids is 2. The van der Waals surface area contributed by atoms with E-state index >= 15 is 4.79 Å². The highest BCUT2D eigenvalue weighted by Gasteiger charge is 2.60. The van der Waals surface area contributed by atoms with E-state index < -0.39 is 23.7 Å². The van der Waals surface area contributed by atoms with Crippen molar-refractivity contribution in [2.75, 3.05) is 18.1 Å². The number of anilines is 1. The molecule has 1 heterocycles. The molecule has 0 aliphatic carbocycles. The quantitative estimate of drug-likeness (QED) is 0.130. The van der Waals surface area contributed by atoms with Gasteiger partial charge in [0.25, 0.3) is 5.91 Å². The standard InChI is InChI=1S/C41H36N2O4/c1-2-46-39(44)38(42-37(33-23-11-5-12-24-33)34-25-13-6-14-26-34)41(47-29-17-22-31-18-7-3-8-19-31)35-27-15-16-28-36(35)43(40(41)45)30-32-20-9-4-10-21-32/h3-16,18-21,23-28,37-38,42H,2,29-30H2,1H3/t38-,41-/m0/s1. The van der Waals surface area contributed by atoms with Crippen LogP contribution >= 0.6 is 0 Å². The largest absolute Gasteiger partial charge is 0.465 e. The third-order valence-electron chi connectivity index (χ3n) is 8.25. The van der Waals surface area contributed by atoms with Gasteiger partial charge in [-0.1, -0.05) is 139 Å². The van der Waals surface area contributed by atoms with Crippen molar-refractivity contribution in [1.29, 1.82) is 0 Å². The number of carbonyl (C=O) groups is 2. The monoisotopic (exact) mass is 620 g/mol. The Morgan fingerprint density at radius 2 is 1.32 bits per heavy atom. The minimum Gasteiger partial charge on any atom is -0.465 e. The van der Waals surface area contributed by atoms with Gasteiger partial charge in [0.2, 0.25) is 5.60 Å². The molecule has 0 radical (unpaired) electrons. The van der Waals surface area contributed by atoms with E-state index in [1.165, 1.54) is 0 Å². The lowest BCUT2D eigenvalue weighted by molar-refractivity contribution is -0.165. The van der Waals surface area contributed by atoms with E-state index in [4.69, 9.17) is 9.47 Å². The fourth-order valence-corrected chi connectivity index (χ4v) is 6.10. The summed E-state index contributed by atoms with van der Waals surface area (Å²) in [6, 6.07) is 44.9. The Bertz CT molecular complexity index is 1810. The summed E-state index contributed by atoms with van der Waals surface area (Å²) in [5.41, 5.74) is 3.07. The Morgan fingerprint density at radius 1 is 0.766 bits per heavy atom. The molecule has 2 atom stereocenters. The molecule has 6 nitrogen and oxygen atoms in total. The number of esters is 1. The molecule has 1 aliphatic heterocycles. The van der Waals surface area contributed by atoms with Crippen molar-refractivity contribution in [2.24, 2.45) is 0 Å². The molecular formula is C41H36N2O4. The second-order valence-corrected chi connectivity index (χ2v) is 11.2. The van der Waals surface area contributed by atoms with Crippen LogP contribution in [0.5, 0.6) is 0 Å². The molecule has 0 fully saturated rings. The minimum absolute atomic E-state index is 0.104. The first-order chi connectivity index (χ1) is 23.1. The molecule has 6 heteroatoms. The van der Waals surface area contributed by atoms with Crippen LogP contribution in [0.2, 0.25) is 0 Å².